The Balaban J connectivity index is 2.40. The minimum Gasteiger partial charge on any atom is -0.467 e. The first kappa shape index (κ1) is 18.9. The van der Waals surface area contributed by atoms with Gasteiger partial charge in [-0.1, -0.05) is 20.8 Å². The first-order valence-electron chi connectivity index (χ1n) is 8.50. The van der Waals surface area contributed by atoms with E-state index < -0.39 is 37.3 Å². The zero-order valence-corrected chi connectivity index (χ0v) is 16.1. The maximum Gasteiger partial charge on any atom is 0.338 e. The van der Waals surface area contributed by atoms with Crippen molar-refractivity contribution in [2.24, 2.45) is 5.92 Å². The number of nitrogens with one attached hydrogen (secondary N) is 1. The third-order valence-electron chi connectivity index (χ3n) is 5.92. The van der Waals surface area contributed by atoms with E-state index in [2.05, 4.69) is 26.1 Å². The monoisotopic (exact) mass is 357 g/mol. The lowest BCUT2D eigenvalue weighted by molar-refractivity contribution is -0.170. The standard InChI is InChI=1S/C16H27NO6Si/c1-6-24(7-2,8-3)22-10-16(14(20)21-5)15(4)11(13(19)17-16)9-12(18)23-15/h11H,6-10H2,1-5H3,(H,17,19)/t11-,15-,16-/m0/s1. The Labute approximate surface area is 143 Å². The summed E-state index contributed by atoms with van der Waals surface area (Å²) in [4.78, 5) is 36.8. The Bertz CT molecular complexity index is 540. The fourth-order valence-corrected chi connectivity index (χ4v) is 6.48. The Morgan fingerprint density at radius 2 is 1.88 bits per heavy atom. The van der Waals surface area contributed by atoms with E-state index in [0.29, 0.717) is 0 Å². The predicted molar refractivity (Wildman–Crippen MR) is 88.6 cm³/mol. The number of amides is 1. The Kier molecular flexibility index (Phi) is 5.10. The van der Waals surface area contributed by atoms with E-state index in [1.807, 2.05) is 0 Å². The molecule has 2 saturated heterocycles. The number of hydrogen-bond acceptors (Lipinski definition) is 6. The minimum absolute atomic E-state index is 0.0288. The van der Waals surface area contributed by atoms with E-state index in [9.17, 15) is 14.4 Å². The van der Waals surface area contributed by atoms with Crippen LogP contribution in [0.5, 0.6) is 0 Å². The van der Waals surface area contributed by atoms with Gasteiger partial charge in [-0.2, -0.15) is 0 Å². The molecule has 0 bridgehead atoms. The molecular formula is C16H27NO6Si. The van der Waals surface area contributed by atoms with Crippen LogP contribution in [0.1, 0.15) is 34.1 Å². The number of methoxy groups -OCH3 is 1. The SMILES string of the molecule is CC[Si](CC)(CC)OC[C@@]1(C(=O)OC)NC(=O)[C@@H]2CC(=O)O[C@@]21C. The van der Waals surface area contributed by atoms with Crippen LogP contribution in [0.15, 0.2) is 0 Å². The molecule has 3 atom stereocenters. The summed E-state index contributed by atoms with van der Waals surface area (Å²) in [5.41, 5.74) is -2.78. The second-order valence-corrected chi connectivity index (χ2v) is 11.5. The summed E-state index contributed by atoms with van der Waals surface area (Å²) < 4.78 is 16.7. The molecule has 0 aromatic rings. The van der Waals surface area contributed by atoms with Gasteiger partial charge in [-0.15, -0.1) is 0 Å². The van der Waals surface area contributed by atoms with Crippen molar-refractivity contribution in [2.75, 3.05) is 13.7 Å². The topological polar surface area (TPSA) is 90.9 Å². The Morgan fingerprint density at radius 1 is 1.29 bits per heavy atom. The normalized spacial score (nSPS) is 32.3. The third-order valence-corrected chi connectivity index (χ3v) is 10.5. The summed E-state index contributed by atoms with van der Waals surface area (Å²) in [7, 11) is -0.748. The van der Waals surface area contributed by atoms with Crippen LogP contribution >= 0.6 is 0 Å². The molecule has 0 aromatic heterocycles. The first-order chi connectivity index (χ1) is 11.2. The Hall–Kier alpha value is -1.41. The summed E-state index contributed by atoms with van der Waals surface area (Å²) in [6.07, 6.45) is -0.0288. The van der Waals surface area contributed by atoms with Gasteiger partial charge in [0.2, 0.25) is 11.4 Å². The number of ether oxygens (including phenoxy) is 2. The van der Waals surface area contributed by atoms with Crippen LogP contribution in [0.3, 0.4) is 0 Å². The molecule has 8 heteroatoms. The summed E-state index contributed by atoms with van der Waals surface area (Å²) in [5.74, 6) is -2.18. The van der Waals surface area contributed by atoms with Crippen molar-refractivity contribution >= 4 is 26.2 Å². The van der Waals surface area contributed by atoms with E-state index in [4.69, 9.17) is 13.9 Å². The third kappa shape index (κ3) is 2.56. The molecule has 0 spiro atoms. The molecule has 136 valence electrons. The highest BCUT2D eigenvalue weighted by atomic mass is 28.4. The number of rotatable bonds is 7. The molecule has 2 fully saturated rings. The van der Waals surface area contributed by atoms with E-state index >= 15 is 0 Å². The van der Waals surface area contributed by atoms with E-state index in [1.165, 1.54) is 7.11 Å². The molecule has 0 radical (unpaired) electrons. The lowest BCUT2D eigenvalue weighted by Gasteiger charge is -2.40. The van der Waals surface area contributed by atoms with Crippen molar-refractivity contribution < 1.29 is 28.3 Å². The minimum atomic E-state index is -2.01. The molecule has 2 aliphatic heterocycles. The second kappa shape index (κ2) is 6.48. The first-order valence-corrected chi connectivity index (χ1v) is 11.0. The fraction of sp³-hybridized carbons (Fsp3) is 0.812. The number of fused-ring (bicyclic) bond motifs is 1. The molecule has 0 aliphatic carbocycles. The second-order valence-electron chi connectivity index (χ2n) is 6.76. The smallest absolute Gasteiger partial charge is 0.338 e. The van der Waals surface area contributed by atoms with Crippen molar-refractivity contribution in [3.8, 4) is 0 Å². The van der Waals surface area contributed by atoms with Crippen LogP contribution in [0.25, 0.3) is 0 Å². The van der Waals surface area contributed by atoms with Gasteiger partial charge < -0.3 is 19.2 Å². The molecule has 0 saturated carbocycles. The maximum absolute atomic E-state index is 12.6. The zero-order valence-electron chi connectivity index (χ0n) is 15.1. The summed E-state index contributed by atoms with van der Waals surface area (Å²) in [6, 6.07) is 2.72. The van der Waals surface area contributed by atoms with E-state index in [-0.39, 0.29) is 18.9 Å². The van der Waals surface area contributed by atoms with Crippen molar-refractivity contribution in [3.05, 3.63) is 0 Å². The van der Waals surface area contributed by atoms with Gasteiger partial charge in [-0.25, -0.2) is 4.79 Å². The number of hydrogen-bond donors (Lipinski definition) is 1. The average molecular weight is 357 g/mol. The van der Waals surface area contributed by atoms with Gasteiger partial charge in [0.1, 0.15) is 0 Å². The highest BCUT2D eigenvalue weighted by molar-refractivity contribution is 6.73. The van der Waals surface area contributed by atoms with Crippen LogP contribution in [-0.2, 0) is 28.3 Å². The quantitative estimate of drug-likeness (QED) is 0.547. The van der Waals surface area contributed by atoms with Crippen LogP contribution in [0.4, 0.5) is 0 Å². The largest absolute Gasteiger partial charge is 0.467 e. The van der Waals surface area contributed by atoms with Crippen molar-refractivity contribution in [2.45, 2.75) is 63.4 Å². The lowest BCUT2D eigenvalue weighted by atomic mass is 9.77. The molecule has 0 aromatic carbocycles. The van der Waals surface area contributed by atoms with Gasteiger partial charge in [0.25, 0.3) is 0 Å². The molecule has 24 heavy (non-hydrogen) atoms. The number of carbonyl (C=O) groups is 3. The summed E-state index contributed by atoms with van der Waals surface area (Å²) >= 11 is 0. The van der Waals surface area contributed by atoms with Crippen molar-refractivity contribution in [1.29, 1.82) is 0 Å². The molecule has 1 amide bonds. The lowest BCUT2D eigenvalue weighted by Crippen LogP contribution is -2.66. The van der Waals surface area contributed by atoms with Gasteiger partial charge in [0.05, 0.1) is 26.1 Å². The summed E-state index contributed by atoms with van der Waals surface area (Å²) in [6.45, 7) is 7.83. The molecule has 2 aliphatic rings. The van der Waals surface area contributed by atoms with Crippen molar-refractivity contribution in [1.82, 2.24) is 5.32 Å². The Morgan fingerprint density at radius 3 is 2.38 bits per heavy atom. The molecule has 1 N–H and O–H groups in total. The average Bonchev–Trinajstić information content (AvgIpc) is 2.99. The maximum atomic E-state index is 12.6. The molecule has 7 nitrogen and oxygen atoms in total. The van der Waals surface area contributed by atoms with Crippen molar-refractivity contribution in [3.63, 3.8) is 0 Å². The van der Waals surface area contributed by atoms with E-state index in [1.54, 1.807) is 6.92 Å². The fourth-order valence-electron chi connectivity index (χ4n) is 3.84. The van der Waals surface area contributed by atoms with Crippen LogP contribution in [-0.4, -0.2) is 51.0 Å². The zero-order chi connectivity index (χ0) is 18.2. The molecule has 2 rings (SSSR count). The van der Waals surface area contributed by atoms with Gasteiger partial charge in [-0.3, -0.25) is 9.59 Å². The van der Waals surface area contributed by atoms with Gasteiger partial charge in [0, 0.05) is 0 Å². The van der Waals surface area contributed by atoms with Gasteiger partial charge in [-0.05, 0) is 25.1 Å². The van der Waals surface area contributed by atoms with Crippen LogP contribution in [0.2, 0.25) is 18.1 Å². The molecule has 2 heterocycles. The van der Waals surface area contributed by atoms with Crippen LogP contribution < -0.4 is 5.32 Å². The van der Waals surface area contributed by atoms with Gasteiger partial charge in [0.15, 0.2) is 13.9 Å². The molecule has 0 unspecified atom stereocenters. The number of carbonyl (C=O) groups excluding carboxylic acids is 3. The van der Waals surface area contributed by atoms with E-state index in [0.717, 1.165) is 18.1 Å². The highest BCUT2D eigenvalue weighted by Gasteiger charge is 2.72. The number of esters is 2. The van der Waals surface area contributed by atoms with Gasteiger partial charge >= 0.3 is 11.9 Å². The van der Waals surface area contributed by atoms with Crippen LogP contribution in [0, 0.1) is 5.92 Å². The molecular weight excluding hydrogens is 330 g/mol. The predicted octanol–water partition coefficient (Wildman–Crippen LogP) is 1.37. The highest BCUT2D eigenvalue weighted by Crippen LogP contribution is 2.47. The summed E-state index contributed by atoms with van der Waals surface area (Å²) in [5, 5.41) is 2.73.